The van der Waals surface area contributed by atoms with Crippen molar-refractivity contribution in [3.05, 3.63) is 99.1 Å². The first-order valence-corrected chi connectivity index (χ1v) is 8.42. The molecule has 7 heteroatoms. The molecule has 0 unspecified atom stereocenters. The van der Waals surface area contributed by atoms with Crippen molar-refractivity contribution in [2.75, 3.05) is 5.32 Å². The molecule has 1 amide bonds. The van der Waals surface area contributed by atoms with E-state index < -0.39 is 4.92 Å². The molecule has 0 heterocycles. The van der Waals surface area contributed by atoms with E-state index in [9.17, 15) is 14.9 Å². The van der Waals surface area contributed by atoms with Crippen LogP contribution in [-0.4, -0.2) is 10.8 Å². The number of nitro groups is 1. The van der Waals surface area contributed by atoms with Gasteiger partial charge in [0.1, 0.15) is 12.4 Å². The second-order valence-electron chi connectivity index (χ2n) is 5.70. The van der Waals surface area contributed by atoms with Gasteiger partial charge in [0.25, 0.3) is 11.6 Å². The van der Waals surface area contributed by atoms with Crippen LogP contribution in [0, 0.1) is 10.1 Å². The van der Waals surface area contributed by atoms with Gasteiger partial charge in [-0.2, -0.15) is 0 Å². The molecular weight excluding hydrogens is 368 g/mol. The predicted molar refractivity (Wildman–Crippen MR) is 103 cm³/mol. The summed E-state index contributed by atoms with van der Waals surface area (Å²) >= 11 is 5.85. The second-order valence-corrected chi connectivity index (χ2v) is 6.13. The minimum absolute atomic E-state index is 0.0614. The van der Waals surface area contributed by atoms with Crippen LogP contribution >= 0.6 is 11.6 Å². The van der Waals surface area contributed by atoms with Crippen LogP contribution in [-0.2, 0) is 6.61 Å². The van der Waals surface area contributed by atoms with Crippen LogP contribution in [0.1, 0.15) is 15.9 Å². The standard InChI is InChI=1S/C20H15ClN2O4/c21-16-5-1-14(2-6-16)13-27-19-11-7-17(8-12-19)22-20(24)15-3-9-18(10-4-15)23(25)26/h1-12H,13H2,(H,22,24). The van der Waals surface area contributed by atoms with E-state index in [0.717, 1.165) is 5.56 Å². The summed E-state index contributed by atoms with van der Waals surface area (Å²) in [5, 5.41) is 14.1. The van der Waals surface area contributed by atoms with E-state index in [-0.39, 0.29) is 11.6 Å². The number of nitrogens with one attached hydrogen (secondary N) is 1. The lowest BCUT2D eigenvalue weighted by atomic mass is 10.2. The Morgan fingerprint density at radius 3 is 2.19 bits per heavy atom. The van der Waals surface area contributed by atoms with Crippen LogP contribution in [0.25, 0.3) is 0 Å². The Labute approximate surface area is 160 Å². The molecule has 0 atom stereocenters. The molecule has 3 aromatic carbocycles. The monoisotopic (exact) mass is 382 g/mol. The number of halogens is 1. The lowest BCUT2D eigenvalue weighted by Crippen LogP contribution is -2.11. The van der Waals surface area contributed by atoms with Crippen LogP contribution in [0.2, 0.25) is 5.02 Å². The summed E-state index contributed by atoms with van der Waals surface area (Å²) in [4.78, 5) is 22.3. The van der Waals surface area contributed by atoms with Crippen molar-refractivity contribution in [2.45, 2.75) is 6.61 Å². The second kappa shape index (κ2) is 8.33. The maximum Gasteiger partial charge on any atom is 0.269 e. The molecule has 27 heavy (non-hydrogen) atoms. The number of amides is 1. The van der Waals surface area contributed by atoms with Crippen LogP contribution < -0.4 is 10.1 Å². The van der Waals surface area contributed by atoms with Gasteiger partial charge >= 0.3 is 0 Å². The minimum Gasteiger partial charge on any atom is -0.489 e. The highest BCUT2D eigenvalue weighted by molar-refractivity contribution is 6.30. The van der Waals surface area contributed by atoms with E-state index in [1.165, 1.54) is 24.3 Å². The number of ether oxygens (including phenoxy) is 1. The number of hydrogen-bond donors (Lipinski definition) is 1. The number of benzene rings is 3. The molecule has 0 bridgehead atoms. The Bertz CT molecular complexity index is 939. The highest BCUT2D eigenvalue weighted by atomic mass is 35.5. The van der Waals surface area contributed by atoms with Crippen molar-refractivity contribution < 1.29 is 14.5 Å². The number of rotatable bonds is 6. The fourth-order valence-corrected chi connectivity index (χ4v) is 2.45. The molecule has 136 valence electrons. The third kappa shape index (κ3) is 5.05. The number of anilines is 1. The summed E-state index contributed by atoms with van der Waals surface area (Å²) in [5.74, 6) is 0.318. The lowest BCUT2D eigenvalue weighted by Gasteiger charge is -2.09. The molecule has 0 spiro atoms. The van der Waals surface area contributed by atoms with E-state index >= 15 is 0 Å². The topological polar surface area (TPSA) is 81.5 Å². The van der Waals surface area contributed by atoms with Crippen molar-refractivity contribution in [2.24, 2.45) is 0 Å². The Morgan fingerprint density at radius 2 is 1.59 bits per heavy atom. The van der Waals surface area contributed by atoms with Gasteiger partial charge in [-0.25, -0.2) is 0 Å². The largest absolute Gasteiger partial charge is 0.489 e. The molecule has 0 aliphatic heterocycles. The molecule has 6 nitrogen and oxygen atoms in total. The molecule has 0 fully saturated rings. The first-order chi connectivity index (χ1) is 13.0. The molecule has 0 saturated carbocycles. The number of nitro benzene ring substituents is 1. The predicted octanol–water partition coefficient (Wildman–Crippen LogP) is 5.08. The van der Waals surface area contributed by atoms with Crippen LogP contribution in [0.15, 0.2) is 72.8 Å². The van der Waals surface area contributed by atoms with E-state index in [1.807, 2.05) is 12.1 Å². The van der Waals surface area contributed by atoms with Gasteiger partial charge in [-0.05, 0) is 54.1 Å². The van der Waals surface area contributed by atoms with Crippen molar-refractivity contribution >= 4 is 28.9 Å². The average molecular weight is 383 g/mol. The SMILES string of the molecule is O=C(Nc1ccc(OCc2ccc(Cl)cc2)cc1)c1ccc([N+](=O)[O-])cc1. The lowest BCUT2D eigenvalue weighted by molar-refractivity contribution is -0.384. The Morgan fingerprint density at radius 1 is 0.963 bits per heavy atom. The van der Waals surface area contributed by atoms with Gasteiger partial charge < -0.3 is 10.1 Å². The minimum atomic E-state index is -0.509. The number of non-ortho nitro benzene ring substituents is 1. The molecule has 3 aromatic rings. The van der Waals surface area contributed by atoms with Crippen LogP contribution in [0.3, 0.4) is 0 Å². The molecule has 1 N–H and O–H groups in total. The highest BCUT2D eigenvalue weighted by Crippen LogP contribution is 2.19. The van der Waals surface area contributed by atoms with E-state index in [4.69, 9.17) is 16.3 Å². The van der Waals surface area contributed by atoms with Crippen LogP contribution in [0.4, 0.5) is 11.4 Å². The van der Waals surface area contributed by atoms with Gasteiger partial charge in [-0.15, -0.1) is 0 Å². The average Bonchev–Trinajstić information content (AvgIpc) is 2.68. The number of hydrogen-bond acceptors (Lipinski definition) is 4. The van der Waals surface area contributed by atoms with Gasteiger partial charge in [0.05, 0.1) is 4.92 Å². The first-order valence-electron chi connectivity index (χ1n) is 8.04. The van der Waals surface area contributed by atoms with Gasteiger partial charge in [0, 0.05) is 28.4 Å². The van der Waals surface area contributed by atoms with Gasteiger partial charge in [0.2, 0.25) is 0 Å². The maximum atomic E-state index is 12.2. The molecule has 0 aromatic heterocycles. The molecule has 0 aliphatic rings. The van der Waals surface area contributed by atoms with E-state index in [2.05, 4.69) is 5.32 Å². The molecule has 3 rings (SSSR count). The molecule has 0 saturated heterocycles. The first kappa shape index (κ1) is 18.4. The Kier molecular flexibility index (Phi) is 5.68. The van der Waals surface area contributed by atoms with Crippen molar-refractivity contribution in [1.82, 2.24) is 0 Å². The number of nitrogens with zero attached hydrogens (tertiary/aromatic N) is 1. The summed E-state index contributed by atoms with van der Waals surface area (Å²) < 4.78 is 5.69. The normalized spacial score (nSPS) is 10.3. The van der Waals surface area contributed by atoms with Gasteiger partial charge in [-0.1, -0.05) is 23.7 Å². The third-order valence-electron chi connectivity index (χ3n) is 3.77. The number of carbonyl (C=O) groups is 1. The van der Waals surface area contributed by atoms with Crippen LogP contribution in [0.5, 0.6) is 5.75 Å². The van der Waals surface area contributed by atoms with E-state index in [1.54, 1.807) is 36.4 Å². The van der Waals surface area contributed by atoms with Crippen molar-refractivity contribution in [1.29, 1.82) is 0 Å². The van der Waals surface area contributed by atoms with E-state index in [0.29, 0.717) is 28.6 Å². The summed E-state index contributed by atoms with van der Waals surface area (Å²) in [6.07, 6.45) is 0. The molecular formula is C20H15ClN2O4. The van der Waals surface area contributed by atoms with Crippen molar-refractivity contribution in [3.8, 4) is 5.75 Å². The summed E-state index contributed by atoms with van der Waals surface area (Å²) in [7, 11) is 0. The quantitative estimate of drug-likeness (QED) is 0.476. The molecule has 0 aliphatic carbocycles. The summed E-state index contributed by atoms with van der Waals surface area (Å²) in [6, 6.07) is 19.7. The summed E-state index contributed by atoms with van der Waals surface area (Å²) in [6.45, 7) is 0.408. The van der Waals surface area contributed by atoms with Gasteiger partial charge in [0.15, 0.2) is 0 Å². The zero-order valence-electron chi connectivity index (χ0n) is 14.1. The Balaban J connectivity index is 1.57. The Hall–Kier alpha value is -3.38. The fourth-order valence-electron chi connectivity index (χ4n) is 2.32. The molecule has 0 radical (unpaired) electrons. The smallest absolute Gasteiger partial charge is 0.269 e. The van der Waals surface area contributed by atoms with Crippen molar-refractivity contribution in [3.63, 3.8) is 0 Å². The highest BCUT2D eigenvalue weighted by Gasteiger charge is 2.09. The fraction of sp³-hybridized carbons (Fsp3) is 0.0500. The number of carbonyl (C=O) groups excluding carboxylic acids is 1. The van der Waals surface area contributed by atoms with Gasteiger partial charge in [-0.3, -0.25) is 14.9 Å². The third-order valence-corrected chi connectivity index (χ3v) is 4.02. The zero-order valence-corrected chi connectivity index (χ0v) is 14.8. The summed E-state index contributed by atoms with van der Waals surface area (Å²) in [5.41, 5.74) is 1.87. The maximum absolute atomic E-state index is 12.2. The zero-order chi connectivity index (χ0) is 19.2.